The van der Waals surface area contributed by atoms with Crippen molar-refractivity contribution < 1.29 is 27.5 Å². The van der Waals surface area contributed by atoms with Crippen LogP contribution in [0.4, 0.5) is 18.9 Å². The third kappa shape index (κ3) is 4.42. The van der Waals surface area contributed by atoms with Crippen molar-refractivity contribution in [1.82, 2.24) is 4.90 Å². The lowest BCUT2D eigenvalue weighted by Gasteiger charge is -2.62. The molecular weight excluding hydrogens is 533 g/mol. The van der Waals surface area contributed by atoms with Gasteiger partial charge in [-0.3, -0.25) is 14.5 Å². The van der Waals surface area contributed by atoms with E-state index in [1.165, 1.54) is 0 Å². The zero-order valence-electron chi connectivity index (χ0n) is 22.2. The van der Waals surface area contributed by atoms with E-state index in [1.807, 2.05) is 6.92 Å². The summed E-state index contributed by atoms with van der Waals surface area (Å²) in [6.07, 6.45) is -0.410. The standard InChI is InChI=1S/C28H34ClF3N4O3/c1-16-8-17(6-7-39-16)36-20(37)9-24(2,35-23(36)33)18-4-3-5-19(21(18)29)34-22(38)25-10-26(30)13-27(31,11-25)15-28(32,12-25)14-26/h3-5,16-17H,6-15H2,1-2H3,(H2,33,35)(H,34,38). The van der Waals surface area contributed by atoms with E-state index in [0.29, 0.717) is 25.0 Å². The van der Waals surface area contributed by atoms with Gasteiger partial charge in [-0.15, -0.1) is 0 Å². The van der Waals surface area contributed by atoms with Crippen molar-refractivity contribution in [2.24, 2.45) is 16.1 Å². The summed E-state index contributed by atoms with van der Waals surface area (Å²) >= 11 is 6.78. The molecule has 4 saturated carbocycles. The molecule has 11 heteroatoms. The number of ether oxygens (including phenoxy) is 1. The van der Waals surface area contributed by atoms with Gasteiger partial charge < -0.3 is 15.8 Å². The first-order valence-electron chi connectivity index (χ1n) is 13.6. The molecule has 6 aliphatic rings. The lowest BCUT2D eigenvalue weighted by molar-refractivity contribution is -0.214. The molecule has 1 saturated heterocycles. The van der Waals surface area contributed by atoms with Crippen LogP contribution in [0.25, 0.3) is 0 Å². The molecule has 2 heterocycles. The number of halogens is 4. The first-order valence-corrected chi connectivity index (χ1v) is 14.0. The molecule has 2 amide bonds. The van der Waals surface area contributed by atoms with E-state index in [0.717, 1.165) is 0 Å². The first-order chi connectivity index (χ1) is 18.2. The summed E-state index contributed by atoms with van der Waals surface area (Å²) in [6, 6.07) is 4.84. The molecule has 1 aromatic rings. The highest BCUT2D eigenvalue weighted by Crippen LogP contribution is 2.68. The van der Waals surface area contributed by atoms with Gasteiger partial charge in [0.15, 0.2) is 5.96 Å². The van der Waals surface area contributed by atoms with Crippen LogP contribution < -0.4 is 11.1 Å². The van der Waals surface area contributed by atoms with E-state index < -0.39 is 33.9 Å². The Morgan fingerprint density at radius 1 is 1.13 bits per heavy atom. The van der Waals surface area contributed by atoms with Gasteiger partial charge in [0.2, 0.25) is 11.8 Å². The molecule has 7 nitrogen and oxygen atoms in total. The fourth-order valence-electron chi connectivity index (χ4n) is 8.42. The van der Waals surface area contributed by atoms with Gasteiger partial charge in [0.1, 0.15) is 17.0 Å². The van der Waals surface area contributed by atoms with Crippen LogP contribution in [0.3, 0.4) is 0 Å². The molecule has 0 aromatic heterocycles. The molecule has 7 rings (SSSR count). The number of nitrogens with zero attached hydrogens (tertiary/aromatic N) is 2. The summed E-state index contributed by atoms with van der Waals surface area (Å²) in [5.74, 6) is -0.723. The van der Waals surface area contributed by atoms with E-state index in [2.05, 4.69) is 5.32 Å². The highest BCUT2D eigenvalue weighted by Gasteiger charge is 2.72. The van der Waals surface area contributed by atoms with Crippen molar-refractivity contribution in [3.05, 3.63) is 28.8 Å². The Labute approximate surface area is 230 Å². The molecule has 5 fully saturated rings. The summed E-state index contributed by atoms with van der Waals surface area (Å²) < 4.78 is 52.0. The second-order valence-electron chi connectivity index (χ2n) is 13.0. The fraction of sp³-hybridized carbons (Fsp3) is 0.679. The number of nitrogens with two attached hydrogens (primary N) is 1. The van der Waals surface area contributed by atoms with Crippen LogP contribution >= 0.6 is 11.6 Å². The average molecular weight is 567 g/mol. The molecule has 212 valence electrons. The zero-order chi connectivity index (χ0) is 28.0. The Morgan fingerprint density at radius 3 is 2.31 bits per heavy atom. The largest absolute Gasteiger partial charge is 0.378 e. The first kappa shape index (κ1) is 26.9. The van der Waals surface area contributed by atoms with Crippen LogP contribution in [0.1, 0.15) is 77.2 Å². The predicted molar refractivity (Wildman–Crippen MR) is 141 cm³/mol. The van der Waals surface area contributed by atoms with Crippen LogP contribution in [0.5, 0.6) is 0 Å². The number of carbonyl (C=O) groups excluding carboxylic acids is 2. The molecule has 0 spiro atoms. The van der Waals surface area contributed by atoms with Crippen molar-refractivity contribution in [1.29, 1.82) is 0 Å². The Hall–Kier alpha value is -2.33. The zero-order valence-corrected chi connectivity index (χ0v) is 22.9. The minimum absolute atomic E-state index is 0.00759. The van der Waals surface area contributed by atoms with E-state index in [4.69, 9.17) is 27.1 Å². The molecule has 4 bridgehead atoms. The van der Waals surface area contributed by atoms with Gasteiger partial charge in [-0.1, -0.05) is 23.7 Å². The highest BCUT2D eigenvalue weighted by atomic mass is 35.5. The Bertz CT molecular complexity index is 1220. The lowest BCUT2D eigenvalue weighted by atomic mass is 9.46. The third-order valence-corrected chi connectivity index (χ3v) is 9.78. The minimum Gasteiger partial charge on any atom is -0.378 e. The predicted octanol–water partition coefficient (Wildman–Crippen LogP) is 5.10. The topological polar surface area (TPSA) is 97.0 Å². The van der Waals surface area contributed by atoms with E-state index >= 15 is 13.2 Å². The second-order valence-corrected chi connectivity index (χ2v) is 13.3. The number of hydrogen-bond acceptors (Lipinski definition) is 5. The molecule has 3 atom stereocenters. The van der Waals surface area contributed by atoms with Gasteiger partial charge in [-0.25, -0.2) is 18.2 Å². The van der Waals surface area contributed by atoms with Gasteiger partial charge >= 0.3 is 0 Å². The Morgan fingerprint density at radius 2 is 1.74 bits per heavy atom. The van der Waals surface area contributed by atoms with E-state index in [1.54, 1.807) is 30.0 Å². The normalized spacial score (nSPS) is 43.4. The maximum atomic E-state index is 15.5. The molecular formula is C28H34ClF3N4O3. The van der Waals surface area contributed by atoms with Crippen LogP contribution in [0.15, 0.2) is 23.2 Å². The van der Waals surface area contributed by atoms with Crippen LogP contribution in [-0.4, -0.2) is 58.4 Å². The highest BCUT2D eigenvalue weighted by molar-refractivity contribution is 6.34. The number of guanidine groups is 1. The molecule has 0 radical (unpaired) electrons. The number of anilines is 1. The number of hydrogen-bond donors (Lipinski definition) is 2. The molecule has 2 aliphatic heterocycles. The van der Waals surface area contributed by atoms with Gasteiger partial charge in [0, 0.05) is 37.5 Å². The maximum absolute atomic E-state index is 15.5. The van der Waals surface area contributed by atoms with Crippen molar-refractivity contribution >= 4 is 35.1 Å². The third-order valence-electron chi connectivity index (χ3n) is 9.37. The molecule has 3 N–H and O–H groups in total. The summed E-state index contributed by atoms with van der Waals surface area (Å²) in [5, 5.41) is 2.89. The van der Waals surface area contributed by atoms with E-state index in [9.17, 15) is 9.59 Å². The van der Waals surface area contributed by atoms with Crippen molar-refractivity contribution in [2.45, 2.75) is 106 Å². The summed E-state index contributed by atoms with van der Waals surface area (Å²) in [4.78, 5) is 33.1. The van der Waals surface area contributed by atoms with E-state index in [-0.39, 0.29) is 79.7 Å². The Balaban J connectivity index is 1.27. The quantitative estimate of drug-likeness (QED) is 0.530. The van der Waals surface area contributed by atoms with Gasteiger partial charge in [0.05, 0.1) is 34.2 Å². The number of benzene rings is 1. The summed E-state index contributed by atoms with van der Waals surface area (Å²) in [6.45, 7) is 4.24. The fourth-order valence-corrected chi connectivity index (χ4v) is 8.80. The Kier molecular flexibility index (Phi) is 5.91. The molecule has 3 unspecified atom stereocenters. The number of amides is 2. The second kappa shape index (κ2) is 8.59. The van der Waals surface area contributed by atoms with Gasteiger partial charge in [-0.05, 0) is 52.0 Å². The minimum atomic E-state index is -2.04. The van der Waals surface area contributed by atoms with Crippen molar-refractivity contribution in [2.75, 3.05) is 11.9 Å². The van der Waals surface area contributed by atoms with Crippen LogP contribution in [0.2, 0.25) is 5.02 Å². The average Bonchev–Trinajstić information content (AvgIpc) is 2.76. The molecule has 1 aromatic carbocycles. The number of aliphatic imine (C=N–C) groups is 1. The number of alkyl halides is 3. The number of nitrogens with one attached hydrogen (secondary N) is 1. The maximum Gasteiger partial charge on any atom is 0.232 e. The monoisotopic (exact) mass is 566 g/mol. The SMILES string of the molecule is CC1CC(N2C(=O)CC(C)(c3cccc(NC(=O)C45CC6(F)CC(F)(CC(F)(C6)C4)C5)c3Cl)N=C2N)CCO1. The van der Waals surface area contributed by atoms with Gasteiger partial charge in [-0.2, -0.15) is 0 Å². The lowest BCUT2D eigenvalue weighted by Crippen LogP contribution is -2.67. The summed E-state index contributed by atoms with van der Waals surface area (Å²) in [7, 11) is 0. The van der Waals surface area contributed by atoms with Crippen molar-refractivity contribution in [3.63, 3.8) is 0 Å². The smallest absolute Gasteiger partial charge is 0.232 e. The van der Waals surface area contributed by atoms with Crippen molar-refractivity contribution in [3.8, 4) is 0 Å². The van der Waals surface area contributed by atoms with Gasteiger partial charge in [0.25, 0.3) is 0 Å². The van der Waals surface area contributed by atoms with Crippen LogP contribution in [0, 0.1) is 5.41 Å². The molecule has 39 heavy (non-hydrogen) atoms. The molecule has 4 aliphatic carbocycles. The van der Waals surface area contributed by atoms with Crippen LogP contribution in [-0.2, 0) is 19.9 Å². The number of carbonyl (C=O) groups is 2. The summed E-state index contributed by atoms with van der Waals surface area (Å²) in [5.41, 5.74) is -1.70. The number of rotatable bonds is 4.